The zero-order valence-electron chi connectivity index (χ0n) is 7.72. The van der Waals surface area contributed by atoms with Gasteiger partial charge < -0.3 is 5.32 Å². The lowest BCUT2D eigenvalue weighted by molar-refractivity contribution is 0.0954. The van der Waals surface area contributed by atoms with Gasteiger partial charge in [-0.3, -0.25) is 4.79 Å². The Morgan fingerprint density at radius 3 is 3.00 bits per heavy atom. The fourth-order valence-corrected chi connectivity index (χ4v) is 2.28. The lowest BCUT2D eigenvalue weighted by atomic mass is 10.3. The molecular weight excluding hydrogens is 333 g/mol. The van der Waals surface area contributed by atoms with Gasteiger partial charge in [-0.2, -0.15) is 0 Å². The number of thiophene rings is 1. The first-order valence-electron chi connectivity index (χ1n) is 4.29. The van der Waals surface area contributed by atoms with Crippen molar-refractivity contribution in [2.75, 3.05) is 6.54 Å². The molecule has 78 valence electrons. The van der Waals surface area contributed by atoms with Crippen molar-refractivity contribution in [3.63, 3.8) is 0 Å². The smallest absolute Gasteiger partial charge is 0.252 e. The van der Waals surface area contributed by atoms with Crippen LogP contribution in [0.4, 0.5) is 0 Å². The van der Waals surface area contributed by atoms with Crippen LogP contribution in [0.5, 0.6) is 0 Å². The van der Waals surface area contributed by atoms with Crippen LogP contribution in [0.2, 0.25) is 0 Å². The van der Waals surface area contributed by atoms with Gasteiger partial charge in [-0.15, -0.1) is 22.9 Å². The van der Waals surface area contributed by atoms with E-state index in [4.69, 9.17) is 11.6 Å². The molecule has 1 heterocycles. The molecule has 0 radical (unpaired) electrons. The summed E-state index contributed by atoms with van der Waals surface area (Å²) in [5.74, 6) is -0.0386. The summed E-state index contributed by atoms with van der Waals surface area (Å²) >= 11 is 9.65. The summed E-state index contributed by atoms with van der Waals surface area (Å²) in [4.78, 5) is 11.5. The minimum atomic E-state index is -0.0386. The van der Waals surface area contributed by atoms with Crippen molar-refractivity contribution in [3.05, 3.63) is 19.9 Å². The molecule has 0 saturated heterocycles. The molecular formula is C9H11ClINOS. The molecule has 5 heteroatoms. The largest absolute Gasteiger partial charge is 0.351 e. The van der Waals surface area contributed by atoms with Crippen LogP contribution in [0.15, 0.2) is 11.4 Å². The Balaban J connectivity index is 2.43. The third-order valence-corrected chi connectivity index (χ3v) is 4.01. The van der Waals surface area contributed by atoms with Gasteiger partial charge in [0.15, 0.2) is 0 Å². The summed E-state index contributed by atoms with van der Waals surface area (Å²) < 4.78 is 1.12. The Labute approximate surface area is 106 Å². The predicted molar refractivity (Wildman–Crippen MR) is 69.3 cm³/mol. The summed E-state index contributed by atoms with van der Waals surface area (Å²) in [5.41, 5.74) is 0.722. The number of carbonyl (C=O) groups excluding carboxylic acids is 1. The zero-order valence-corrected chi connectivity index (χ0v) is 11.4. The van der Waals surface area contributed by atoms with Crippen LogP contribution < -0.4 is 5.32 Å². The van der Waals surface area contributed by atoms with Gasteiger partial charge >= 0.3 is 0 Å². The molecule has 1 aromatic heterocycles. The second kappa shape index (κ2) is 5.92. The quantitative estimate of drug-likeness (QED) is 0.660. The van der Waals surface area contributed by atoms with Gasteiger partial charge in [-0.1, -0.05) is 6.92 Å². The van der Waals surface area contributed by atoms with Crippen molar-refractivity contribution in [1.82, 2.24) is 5.32 Å². The van der Waals surface area contributed by atoms with Crippen molar-refractivity contribution in [3.8, 4) is 0 Å². The average molecular weight is 344 g/mol. The fourth-order valence-electron chi connectivity index (χ4n) is 0.879. The van der Waals surface area contributed by atoms with Crippen LogP contribution in [-0.2, 0) is 0 Å². The molecule has 14 heavy (non-hydrogen) atoms. The topological polar surface area (TPSA) is 29.1 Å². The fraction of sp³-hybridized carbons (Fsp3) is 0.444. The Hall–Kier alpha value is 0.190. The van der Waals surface area contributed by atoms with Gasteiger partial charge in [0.2, 0.25) is 0 Å². The molecule has 0 bridgehead atoms. The van der Waals surface area contributed by atoms with E-state index in [0.29, 0.717) is 6.54 Å². The Morgan fingerprint density at radius 1 is 1.79 bits per heavy atom. The number of amides is 1. The molecule has 0 aliphatic rings. The molecule has 1 rings (SSSR count). The van der Waals surface area contributed by atoms with Crippen LogP contribution >= 0.6 is 45.5 Å². The summed E-state index contributed by atoms with van der Waals surface area (Å²) in [6.45, 7) is 2.53. The molecule has 0 spiro atoms. The summed E-state index contributed by atoms with van der Waals surface area (Å²) in [6.07, 6.45) is 0.864. The highest BCUT2D eigenvalue weighted by Crippen LogP contribution is 2.16. The highest BCUT2D eigenvalue weighted by atomic mass is 127. The van der Waals surface area contributed by atoms with Gasteiger partial charge in [0.25, 0.3) is 5.91 Å². The Morgan fingerprint density at radius 2 is 2.50 bits per heavy atom. The number of carbonyl (C=O) groups is 1. The first-order chi connectivity index (χ1) is 6.63. The second-order valence-corrected chi connectivity index (χ2v) is 6.28. The molecule has 1 atom stereocenters. The van der Waals surface area contributed by atoms with Gasteiger partial charge in [0.1, 0.15) is 0 Å². The maximum absolute atomic E-state index is 11.5. The second-order valence-electron chi connectivity index (χ2n) is 2.86. The first kappa shape index (κ1) is 12.3. The molecule has 1 N–H and O–H groups in total. The third-order valence-electron chi connectivity index (χ3n) is 1.76. The molecule has 0 aliphatic heterocycles. The lowest BCUT2D eigenvalue weighted by Crippen LogP contribution is -2.29. The number of nitrogens with one attached hydrogen (secondary N) is 1. The van der Waals surface area contributed by atoms with E-state index in [0.717, 1.165) is 14.9 Å². The Bertz CT molecular complexity index is 316. The number of rotatable bonds is 4. The first-order valence-corrected chi connectivity index (χ1v) is 6.69. The molecule has 0 aliphatic carbocycles. The van der Waals surface area contributed by atoms with E-state index in [1.807, 2.05) is 18.4 Å². The zero-order chi connectivity index (χ0) is 10.6. The monoisotopic (exact) mass is 343 g/mol. The molecule has 0 fully saturated rings. The van der Waals surface area contributed by atoms with Gasteiger partial charge in [0, 0.05) is 11.9 Å². The van der Waals surface area contributed by atoms with E-state index in [9.17, 15) is 4.79 Å². The number of halogens is 2. The van der Waals surface area contributed by atoms with Crippen molar-refractivity contribution in [2.24, 2.45) is 0 Å². The van der Waals surface area contributed by atoms with Crippen LogP contribution in [0, 0.1) is 2.88 Å². The van der Waals surface area contributed by atoms with Crippen molar-refractivity contribution >= 4 is 51.4 Å². The normalized spacial score (nSPS) is 12.5. The van der Waals surface area contributed by atoms with E-state index < -0.39 is 0 Å². The number of alkyl halides is 1. The van der Waals surface area contributed by atoms with Gasteiger partial charge in [-0.05, 0) is 35.1 Å². The Kier molecular flexibility index (Phi) is 5.19. The highest BCUT2D eigenvalue weighted by molar-refractivity contribution is 14.1. The predicted octanol–water partition coefficient (Wildman–Crippen LogP) is 3.10. The van der Waals surface area contributed by atoms with E-state index in [2.05, 4.69) is 27.9 Å². The average Bonchev–Trinajstić information content (AvgIpc) is 2.60. The molecule has 0 aromatic carbocycles. The van der Waals surface area contributed by atoms with E-state index in [-0.39, 0.29) is 11.3 Å². The van der Waals surface area contributed by atoms with Crippen LogP contribution in [0.25, 0.3) is 0 Å². The van der Waals surface area contributed by atoms with Crippen LogP contribution in [-0.4, -0.2) is 17.8 Å². The van der Waals surface area contributed by atoms with E-state index >= 15 is 0 Å². The third kappa shape index (κ3) is 3.74. The van der Waals surface area contributed by atoms with Gasteiger partial charge in [0.05, 0.1) is 13.8 Å². The van der Waals surface area contributed by atoms with E-state index in [1.54, 1.807) is 11.3 Å². The summed E-state index contributed by atoms with van der Waals surface area (Å²) in [7, 11) is 0. The summed E-state index contributed by atoms with van der Waals surface area (Å²) in [5, 5.41) is 4.67. The van der Waals surface area contributed by atoms with Crippen LogP contribution in [0.1, 0.15) is 23.7 Å². The molecule has 1 amide bonds. The standard InChI is InChI=1S/C9H11ClINOS/c1-2-7(10)4-12-9(13)6-3-8(11)14-5-6/h3,5,7H,2,4H2,1H3,(H,12,13). The maximum atomic E-state index is 11.5. The minimum absolute atomic E-state index is 0.0247. The van der Waals surface area contributed by atoms with Gasteiger partial charge in [-0.25, -0.2) is 0 Å². The number of hydrogen-bond acceptors (Lipinski definition) is 2. The SMILES string of the molecule is CCC(Cl)CNC(=O)c1csc(I)c1. The minimum Gasteiger partial charge on any atom is -0.351 e. The molecule has 1 aromatic rings. The molecule has 2 nitrogen and oxygen atoms in total. The molecule has 0 saturated carbocycles. The lowest BCUT2D eigenvalue weighted by Gasteiger charge is -2.07. The van der Waals surface area contributed by atoms with Crippen molar-refractivity contribution in [1.29, 1.82) is 0 Å². The van der Waals surface area contributed by atoms with Crippen molar-refractivity contribution < 1.29 is 4.79 Å². The van der Waals surface area contributed by atoms with E-state index in [1.165, 1.54) is 0 Å². The summed E-state index contributed by atoms with van der Waals surface area (Å²) in [6, 6.07) is 1.87. The van der Waals surface area contributed by atoms with Crippen molar-refractivity contribution in [2.45, 2.75) is 18.7 Å². The number of hydrogen-bond donors (Lipinski definition) is 1. The van der Waals surface area contributed by atoms with Crippen LogP contribution in [0.3, 0.4) is 0 Å². The molecule has 1 unspecified atom stereocenters. The maximum Gasteiger partial charge on any atom is 0.252 e. The highest BCUT2D eigenvalue weighted by Gasteiger charge is 2.09.